The van der Waals surface area contributed by atoms with Crippen LogP contribution in [0.1, 0.15) is 37.5 Å². The highest BCUT2D eigenvalue weighted by Crippen LogP contribution is 2.14. The van der Waals surface area contributed by atoms with Gasteiger partial charge in [-0.2, -0.15) is 0 Å². The van der Waals surface area contributed by atoms with Crippen molar-refractivity contribution in [1.29, 1.82) is 0 Å². The highest BCUT2D eigenvalue weighted by Gasteiger charge is 2.19. The zero-order chi connectivity index (χ0) is 14.4. The number of benzene rings is 1. The fourth-order valence-corrected chi connectivity index (χ4v) is 1.34. The zero-order valence-electron chi connectivity index (χ0n) is 9.83. The minimum Gasteiger partial charge on any atom is -0.478 e. The van der Waals surface area contributed by atoms with Crippen molar-refractivity contribution in [2.24, 2.45) is 0 Å². The van der Waals surface area contributed by atoms with E-state index in [1.165, 1.54) is 0 Å². The molecule has 0 saturated heterocycles. The van der Waals surface area contributed by atoms with E-state index in [4.69, 9.17) is 20.1 Å². The molecule has 7 heteroatoms. The molecule has 0 spiro atoms. The van der Waals surface area contributed by atoms with E-state index in [2.05, 4.69) is 0 Å². The monoisotopic (exact) mass is 268 g/mol. The van der Waals surface area contributed by atoms with Gasteiger partial charge in [-0.05, 0) is 18.2 Å². The van der Waals surface area contributed by atoms with E-state index in [9.17, 15) is 14.4 Å². The molecule has 0 radical (unpaired) electrons. The third-order valence-corrected chi connectivity index (χ3v) is 2.25. The van der Waals surface area contributed by atoms with Crippen LogP contribution in [0.3, 0.4) is 0 Å². The molecule has 7 nitrogen and oxygen atoms in total. The SMILES string of the molecule is O=C(O)c1ccc(C(=O)OCCCO)c(C(=O)O)c1. The fourth-order valence-electron chi connectivity index (χ4n) is 1.34. The van der Waals surface area contributed by atoms with E-state index >= 15 is 0 Å². The van der Waals surface area contributed by atoms with E-state index in [0.717, 1.165) is 18.2 Å². The summed E-state index contributed by atoms with van der Waals surface area (Å²) in [5.74, 6) is -3.58. The minimum atomic E-state index is -1.42. The van der Waals surface area contributed by atoms with Gasteiger partial charge in [-0.1, -0.05) is 0 Å². The van der Waals surface area contributed by atoms with E-state index in [1.807, 2.05) is 0 Å². The number of carbonyl (C=O) groups is 3. The second-order valence-electron chi connectivity index (χ2n) is 3.58. The minimum absolute atomic E-state index is 0.0466. The summed E-state index contributed by atoms with van der Waals surface area (Å²) in [7, 11) is 0. The van der Waals surface area contributed by atoms with Crippen molar-refractivity contribution in [3.8, 4) is 0 Å². The standard InChI is InChI=1S/C12H12O7/c13-4-1-5-19-12(18)8-3-2-7(10(14)15)6-9(8)11(16)17/h2-3,6,13H,1,4-5H2,(H,14,15)(H,16,17). The van der Waals surface area contributed by atoms with Gasteiger partial charge in [0.15, 0.2) is 0 Å². The lowest BCUT2D eigenvalue weighted by molar-refractivity contribution is 0.0471. The summed E-state index contributed by atoms with van der Waals surface area (Å²) in [5, 5.41) is 26.2. The van der Waals surface area contributed by atoms with Crippen molar-refractivity contribution in [2.75, 3.05) is 13.2 Å². The summed E-state index contributed by atoms with van der Waals surface area (Å²) < 4.78 is 4.75. The first-order valence-electron chi connectivity index (χ1n) is 5.36. The lowest BCUT2D eigenvalue weighted by atomic mass is 10.0. The number of ether oxygens (including phenoxy) is 1. The van der Waals surface area contributed by atoms with Crippen LogP contribution < -0.4 is 0 Å². The lowest BCUT2D eigenvalue weighted by Gasteiger charge is -2.07. The number of aliphatic hydroxyl groups excluding tert-OH is 1. The van der Waals surface area contributed by atoms with Crippen LogP contribution in [0.25, 0.3) is 0 Å². The third-order valence-electron chi connectivity index (χ3n) is 2.25. The maximum absolute atomic E-state index is 11.6. The molecule has 3 N–H and O–H groups in total. The Bertz CT molecular complexity index is 507. The maximum atomic E-state index is 11.6. The molecule has 0 bridgehead atoms. The van der Waals surface area contributed by atoms with Crippen LogP contribution in [-0.2, 0) is 4.74 Å². The van der Waals surface area contributed by atoms with Crippen LogP contribution in [0.15, 0.2) is 18.2 Å². The van der Waals surface area contributed by atoms with Gasteiger partial charge in [0.1, 0.15) is 0 Å². The van der Waals surface area contributed by atoms with Gasteiger partial charge in [0.25, 0.3) is 0 Å². The summed E-state index contributed by atoms with van der Waals surface area (Å²) in [6, 6.07) is 3.11. The number of carbonyl (C=O) groups excluding carboxylic acids is 1. The van der Waals surface area contributed by atoms with Crippen molar-refractivity contribution in [1.82, 2.24) is 0 Å². The molecule has 1 rings (SSSR count). The summed E-state index contributed by atoms with van der Waals surface area (Å²) >= 11 is 0. The van der Waals surface area contributed by atoms with Crippen molar-refractivity contribution in [3.05, 3.63) is 34.9 Å². The largest absolute Gasteiger partial charge is 0.478 e. The van der Waals surface area contributed by atoms with E-state index in [-0.39, 0.29) is 30.8 Å². The average Bonchev–Trinajstić information content (AvgIpc) is 2.38. The lowest BCUT2D eigenvalue weighted by Crippen LogP contribution is -2.14. The molecule has 0 aromatic heterocycles. The highest BCUT2D eigenvalue weighted by molar-refractivity contribution is 6.04. The van der Waals surface area contributed by atoms with Crippen molar-refractivity contribution >= 4 is 17.9 Å². The predicted octanol–water partition coefficient (Wildman–Crippen LogP) is 0.622. The Morgan fingerprint density at radius 3 is 2.26 bits per heavy atom. The number of hydrogen-bond acceptors (Lipinski definition) is 5. The molecule has 0 fully saturated rings. The van der Waals surface area contributed by atoms with Gasteiger partial charge in [-0.15, -0.1) is 0 Å². The average molecular weight is 268 g/mol. The van der Waals surface area contributed by atoms with Crippen molar-refractivity contribution < 1.29 is 34.4 Å². The molecule has 1 aromatic carbocycles. The second-order valence-corrected chi connectivity index (χ2v) is 3.58. The molecule has 0 atom stereocenters. The summed E-state index contributed by atoms with van der Waals surface area (Å²) in [6.45, 7) is -0.202. The Morgan fingerprint density at radius 1 is 1.05 bits per heavy atom. The smallest absolute Gasteiger partial charge is 0.339 e. The topological polar surface area (TPSA) is 121 Å². The van der Waals surface area contributed by atoms with E-state index in [0.29, 0.717) is 0 Å². The Labute approximate surface area is 108 Å². The first-order chi connectivity index (χ1) is 8.97. The first kappa shape index (κ1) is 14.7. The molecule has 19 heavy (non-hydrogen) atoms. The van der Waals surface area contributed by atoms with E-state index in [1.54, 1.807) is 0 Å². The molecule has 0 heterocycles. The molecule has 0 saturated carbocycles. The van der Waals surface area contributed by atoms with Gasteiger partial charge in [0.2, 0.25) is 0 Å². The molecule has 0 unspecified atom stereocenters. The van der Waals surface area contributed by atoms with Gasteiger partial charge in [-0.3, -0.25) is 0 Å². The normalized spacial score (nSPS) is 9.95. The fraction of sp³-hybridized carbons (Fsp3) is 0.250. The molecule has 102 valence electrons. The van der Waals surface area contributed by atoms with Gasteiger partial charge in [0, 0.05) is 13.0 Å². The number of aromatic carboxylic acids is 2. The second kappa shape index (κ2) is 6.50. The quantitative estimate of drug-likeness (QED) is 0.510. The van der Waals surface area contributed by atoms with Crippen molar-refractivity contribution in [3.63, 3.8) is 0 Å². The number of rotatable bonds is 6. The Hall–Kier alpha value is -2.41. The van der Waals surface area contributed by atoms with Crippen LogP contribution in [0, 0.1) is 0 Å². The molecule has 0 amide bonds. The molecular formula is C12H12O7. The predicted molar refractivity (Wildman–Crippen MR) is 62.3 cm³/mol. The van der Waals surface area contributed by atoms with Crippen LogP contribution >= 0.6 is 0 Å². The number of aliphatic hydroxyl groups is 1. The number of carboxylic acids is 2. The molecule has 0 aliphatic heterocycles. The Morgan fingerprint density at radius 2 is 1.74 bits per heavy atom. The Kier molecular flexibility index (Phi) is 5.01. The summed E-state index contributed by atoms with van der Waals surface area (Å²) in [6.07, 6.45) is 0.237. The maximum Gasteiger partial charge on any atom is 0.339 e. The van der Waals surface area contributed by atoms with Crippen molar-refractivity contribution in [2.45, 2.75) is 6.42 Å². The van der Waals surface area contributed by atoms with Gasteiger partial charge < -0.3 is 20.1 Å². The zero-order valence-corrected chi connectivity index (χ0v) is 9.83. The van der Waals surface area contributed by atoms with Crippen LogP contribution in [0.4, 0.5) is 0 Å². The number of esters is 1. The third kappa shape index (κ3) is 3.78. The Balaban J connectivity index is 3.03. The summed E-state index contributed by atoms with van der Waals surface area (Å²) in [4.78, 5) is 33.3. The first-order valence-corrected chi connectivity index (χ1v) is 5.36. The van der Waals surface area contributed by atoms with Crippen LogP contribution in [-0.4, -0.2) is 46.4 Å². The number of carboxylic acid groups (broad SMARTS) is 2. The van der Waals surface area contributed by atoms with E-state index < -0.39 is 23.5 Å². The van der Waals surface area contributed by atoms with Gasteiger partial charge >= 0.3 is 17.9 Å². The summed E-state index contributed by atoms with van der Waals surface area (Å²) in [5.41, 5.74) is -0.895. The highest BCUT2D eigenvalue weighted by atomic mass is 16.5. The molecule has 0 aliphatic rings. The number of hydrogen-bond donors (Lipinski definition) is 3. The van der Waals surface area contributed by atoms with Crippen LogP contribution in [0.2, 0.25) is 0 Å². The van der Waals surface area contributed by atoms with Crippen LogP contribution in [0.5, 0.6) is 0 Å². The molecular weight excluding hydrogens is 256 g/mol. The molecule has 0 aliphatic carbocycles. The van der Waals surface area contributed by atoms with Gasteiger partial charge in [0.05, 0.1) is 23.3 Å². The molecule has 1 aromatic rings. The van der Waals surface area contributed by atoms with Gasteiger partial charge in [-0.25, -0.2) is 14.4 Å².